The number of nitrogens with zero attached hydrogens (tertiary/aromatic N) is 1. The van der Waals surface area contributed by atoms with Crippen molar-refractivity contribution in [1.82, 2.24) is 4.98 Å². The first kappa shape index (κ1) is 6.80. The lowest BCUT2D eigenvalue weighted by Crippen LogP contribution is -1.84. The van der Waals surface area contributed by atoms with Gasteiger partial charge in [0, 0.05) is 6.20 Å². The summed E-state index contributed by atoms with van der Waals surface area (Å²) in [6, 6.07) is 1.97. The summed E-state index contributed by atoms with van der Waals surface area (Å²) in [7, 11) is 0. The van der Waals surface area contributed by atoms with Crippen molar-refractivity contribution >= 4 is 28.6 Å². The number of halogens is 1. The molecule has 0 amide bonds. The van der Waals surface area contributed by atoms with Gasteiger partial charge >= 0.3 is 0 Å². The summed E-state index contributed by atoms with van der Waals surface area (Å²) in [5, 5.41) is 0. The molecule has 0 unspecified atom stereocenters. The molecule has 0 aliphatic rings. The molecule has 0 aliphatic carbocycles. The minimum absolute atomic E-state index is 1.08. The number of hydrogen-bond acceptors (Lipinski definition) is 2. The average molecular weight is 234 g/mol. The van der Waals surface area contributed by atoms with E-state index in [9.17, 15) is 0 Å². The fourth-order valence-corrected chi connectivity index (χ4v) is 1.13. The number of aryl methyl sites for hydroxylation is 1. The van der Waals surface area contributed by atoms with Gasteiger partial charge in [-0.1, -0.05) is 0 Å². The van der Waals surface area contributed by atoms with Crippen molar-refractivity contribution in [2.45, 2.75) is 6.92 Å². The van der Waals surface area contributed by atoms with Crippen molar-refractivity contribution in [3.8, 4) is 0 Å². The molecule has 48 valence electrons. The SMILES string of the molecule is Cc1ccncc1NI. The van der Waals surface area contributed by atoms with E-state index in [1.165, 1.54) is 5.56 Å². The zero-order chi connectivity index (χ0) is 6.69. The van der Waals surface area contributed by atoms with Gasteiger partial charge in [0.05, 0.1) is 34.7 Å². The Kier molecular flexibility index (Phi) is 2.27. The average Bonchev–Trinajstić information content (AvgIpc) is 1.89. The lowest BCUT2D eigenvalue weighted by molar-refractivity contribution is 1.29. The summed E-state index contributed by atoms with van der Waals surface area (Å²) in [6.07, 6.45) is 3.59. The van der Waals surface area contributed by atoms with E-state index in [1.54, 1.807) is 6.20 Å². The van der Waals surface area contributed by atoms with E-state index in [-0.39, 0.29) is 0 Å². The van der Waals surface area contributed by atoms with Gasteiger partial charge in [0.1, 0.15) is 0 Å². The number of hydrogen-bond donors (Lipinski definition) is 1. The lowest BCUT2D eigenvalue weighted by atomic mass is 10.3. The topological polar surface area (TPSA) is 24.9 Å². The molecule has 1 N–H and O–H groups in total. The molecule has 1 aromatic heterocycles. The van der Waals surface area contributed by atoms with Gasteiger partial charge < -0.3 is 3.53 Å². The molecule has 0 saturated carbocycles. The third-order valence-electron chi connectivity index (χ3n) is 1.14. The fraction of sp³-hybridized carbons (Fsp3) is 0.167. The third-order valence-corrected chi connectivity index (χ3v) is 1.72. The Morgan fingerprint density at radius 1 is 1.67 bits per heavy atom. The maximum atomic E-state index is 3.95. The maximum Gasteiger partial charge on any atom is 0.0643 e. The highest BCUT2D eigenvalue weighted by Crippen LogP contribution is 2.12. The van der Waals surface area contributed by atoms with Crippen LogP contribution in [-0.4, -0.2) is 4.98 Å². The van der Waals surface area contributed by atoms with Crippen molar-refractivity contribution < 1.29 is 0 Å². The molecule has 9 heavy (non-hydrogen) atoms. The number of rotatable bonds is 1. The Morgan fingerprint density at radius 2 is 2.44 bits per heavy atom. The van der Waals surface area contributed by atoms with Crippen molar-refractivity contribution in [1.29, 1.82) is 0 Å². The van der Waals surface area contributed by atoms with Crippen LogP contribution in [-0.2, 0) is 0 Å². The van der Waals surface area contributed by atoms with E-state index in [1.807, 2.05) is 19.2 Å². The van der Waals surface area contributed by atoms with Crippen LogP contribution in [0.4, 0.5) is 5.69 Å². The quantitative estimate of drug-likeness (QED) is 0.594. The maximum absolute atomic E-state index is 3.95. The Labute approximate surface area is 68.2 Å². The fourth-order valence-electron chi connectivity index (χ4n) is 0.563. The lowest BCUT2D eigenvalue weighted by Gasteiger charge is -1.98. The minimum Gasteiger partial charge on any atom is -0.327 e. The summed E-state index contributed by atoms with van der Waals surface area (Å²) >= 11 is 2.09. The Hall–Kier alpha value is -0.320. The molecule has 0 radical (unpaired) electrons. The van der Waals surface area contributed by atoms with Gasteiger partial charge in [0.2, 0.25) is 0 Å². The van der Waals surface area contributed by atoms with Crippen molar-refractivity contribution in [3.63, 3.8) is 0 Å². The summed E-state index contributed by atoms with van der Waals surface area (Å²) in [5.41, 5.74) is 2.30. The molecule has 1 heterocycles. The van der Waals surface area contributed by atoms with Gasteiger partial charge in [-0.15, -0.1) is 0 Å². The van der Waals surface area contributed by atoms with Crippen LogP contribution in [0.5, 0.6) is 0 Å². The summed E-state index contributed by atoms with van der Waals surface area (Å²) < 4.78 is 3.00. The van der Waals surface area contributed by atoms with Gasteiger partial charge in [0.25, 0.3) is 0 Å². The largest absolute Gasteiger partial charge is 0.327 e. The van der Waals surface area contributed by atoms with Crippen molar-refractivity contribution in [3.05, 3.63) is 24.0 Å². The standard InChI is InChI=1S/C6H7IN2/c1-5-2-3-8-4-6(5)9-7/h2-4,9H,1H3. The molecule has 0 fully saturated rings. The second kappa shape index (κ2) is 3.00. The first-order chi connectivity index (χ1) is 4.34. The van der Waals surface area contributed by atoms with Gasteiger partial charge in [-0.05, 0) is 18.6 Å². The van der Waals surface area contributed by atoms with E-state index in [0.717, 1.165) is 5.69 Å². The molecule has 0 aliphatic heterocycles. The normalized spacial score (nSPS) is 9.11. The molecule has 0 aromatic carbocycles. The van der Waals surface area contributed by atoms with Crippen LogP contribution in [0.3, 0.4) is 0 Å². The first-order valence-electron chi connectivity index (χ1n) is 2.62. The summed E-state index contributed by atoms with van der Waals surface area (Å²) in [4.78, 5) is 3.95. The first-order valence-corrected chi connectivity index (χ1v) is 3.69. The van der Waals surface area contributed by atoms with Gasteiger partial charge in [0.15, 0.2) is 0 Å². The van der Waals surface area contributed by atoms with Crippen LogP contribution in [0, 0.1) is 6.92 Å². The molecular weight excluding hydrogens is 227 g/mol. The van der Waals surface area contributed by atoms with Crippen LogP contribution in [0.15, 0.2) is 18.5 Å². The van der Waals surface area contributed by atoms with E-state index < -0.39 is 0 Å². The third kappa shape index (κ3) is 1.54. The molecule has 1 rings (SSSR count). The molecule has 0 atom stereocenters. The van der Waals surface area contributed by atoms with E-state index >= 15 is 0 Å². The Bertz CT molecular complexity index is 200. The van der Waals surface area contributed by atoms with Crippen LogP contribution in [0.25, 0.3) is 0 Å². The highest BCUT2D eigenvalue weighted by molar-refractivity contribution is 14.1. The monoisotopic (exact) mass is 234 g/mol. The number of aromatic nitrogens is 1. The second-order valence-electron chi connectivity index (χ2n) is 1.79. The van der Waals surface area contributed by atoms with Gasteiger partial charge in [-0.3, -0.25) is 4.98 Å². The second-order valence-corrected chi connectivity index (χ2v) is 2.32. The van der Waals surface area contributed by atoms with Crippen molar-refractivity contribution in [2.24, 2.45) is 0 Å². The van der Waals surface area contributed by atoms with Crippen LogP contribution in [0.2, 0.25) is 0 Å². The number of anilines is 1. The van der Waals surface area contributed by atoms with E-state index in [4.69, 9.17) is 0 Å². The van der Waals surface area contributed by atoms with Crippen molar-refractivity contribution in [2.75, 3.05) is 3.53 Å². The minimum atomic E-state index is 1.08. The number of pyridine rings is 1. The summed E-state index contributed by atoms with van der Waals surface area (Å²) in [6.45, 7) is 2.04. The predicted molar refractivity (Wildman–Crippen MR) is 46.6 cm³/mol. The zero-order valence-corrected chi connectivity index (χ0v) is 7.21. The van der Waals surface area contributed by atoms with Crippen LogP contribution < -0.4 is 3.53 Å². The Morgan fingerprint density at radius 3 is 2.89 bits per heavy atom. The van der Waals surface area contributed by atoms with Gasteiger partial charge in [-0.2, -0.15) is 0 Å². The molecule has 0 saturated heterocycles. The van der Waals surface area contributed by atoms with Crippen LogP contribution >= 0.6 is 22.9 Å². The highest BCUT2D eigenvalue weighted by Gasteiger charge is 1.90. The molecule has 3 heteroatoms. The van der Waals surface area contributed by atoms with E-state index in [0.29, 0.717) is 0 Å². The smallest absolute Gasteiger partial charge is 0.0643 e. The summed E-state index contributed by atoms with van der Waals surface area (Å²) in [5.74, 6) is 0. The molecule has 0 bridgehead atoms. The number of nitrogens with one attached hydrogen (secondary N) is 1. The molecule has 2 nitrogen and oxygen atoms in total. The van der Waals surface area contributed by atoms with Crippen LogP contribution in [0.1, 0.15) is 5.56 Å². The Balaban J connectivity index is 3.01. The highest BCUT2D eigenvalue weighted by atomic mass is 127. The van der Waals surface area contributed by atoms with Gasteiger partial charge in [-0.25, -0.2) is 0 Å². The van der Waals surface area contributed by atoms with E-state index in [2.05, 4.69) is 31.4 Å². The molecular formula is C6H7IN2. The molecule has 0 spiro atoms. The zero-order valence-electron chi connectivity index (χ0n) is 5.06. The predicted octanol–water partition coefficient (Wildman–Crippen LogP) is 2.15. The molecule has 1 aromatic rings.